The number of carbonyl (C=O) groups excluding carboxylic acids is 1. The number of ether oxygens (including phenoxy) is 2. The lowest BCUT2D eigenvalue weighted by molar-refractivity contribution is -0.166. The zero-order valence-electron chi connectivity index (χ0n) is 22.0. The molecule has 0 amide bonds. The highest BCUT2D eigenvalue weighted by molar-refractivity contribution is 5.80. The Kier molecular flexibility index (Phi) is 6.21. The molecule has 2 aliphatic heterocycles. The van der Waals surface area contributed by atoms with Crippen LogP contribution >= 0.6 is 0 Å². The number of aromatic nitrogens is 2. The van der Waals surface area contributed by atoms with Crippen LogP contribution < -0.4 is 4.74 Å². The number of fused-ring (bicyclic) bond motifs is 3. The van der Waals surface area contributed by atoms with Gasteiger partial charge in [-0.1, -0.05) is 46.7 Å². The van der Waals surface area contributed by atoms with Gasteiger partial charge in [-0.2, -0.15) is 13.2 Å². The molecule has 0 saturated carbocycles. The topological polar surface area (TPSA) is 90.8 Å². The zero-order chi connectivity index (χ0) is 28.2. The van der Waals surface area contributed by atoms with Crippen molar-refractivity contribution in [2.45, 2.75) is 45.7 Å². The van der Waals surface area contributed by atoms with E-state index in [1.165, 1.54) is 12.1 Å². The lowest BCUT2D eigenvalue weighted by atomic mass is 9.96. The zero-order valence-corrected chi connectivity index (χ0v) is 22.0. The number of rotatable bonds is 5. The van der Waals surface area contributed by atoms with Crippen LogP contribution in [0.4, 0.5) is 13.2 Å². The molecule has 4 heterocycles. The molecule has 0 N–H and O–H groups in total. The first-order valence-electron chi connectivity index (χ1n) is 12.8. The van der Waals surface area contributed by atoms with Crippen LogP contribution in [0, 0.1) is 5.92 Å². The molecule has 1 fully saturated rings. The first-order valence-corrected chi connectivity index (χ1v) is 12.8. The lowest BCUT2D eigenvalue weighted by Crippen LogP contribution is -2.51. The van der Waals surface area contributed by atoms with Gasteiger partial charge in [-0.3, -0.25) is 9.69 Å². The number of halogens is 3. The van der Waals surface area contributed by atoms with Crippen LogP contribution in [0.3, 0.4) is 0 Å². The van der Waals surface area contributed by atoms with Gasteiger partial charge in [0.1, 0.15) is 34.9 Å². The van der Waals surface area contributed by atoms with Crippen LogP contribution in [0.25, 0.3) is 34.0 Å². The number of likely N-dealkylation sites (tertiary alicyclic amines) is 1. The summed E-state index contributed by atoms with van der Waals surface area (Å²) in [5.41, 5.74) is 0.716. The molecule has 8 nitrogen and oxygen atoms in total. The number of hydrogen-bond acceptors (Lipinski definition) is 8. The quantitative estimate of drug-likeness (QED) is 0.264. The molecule has 2 aliphatic rings. The Morgan fingerprint density at radius 1 is 1.00 bits per heavy atom. The average molecular weight is 554 g/mol. The summed E-state index contributed by atoms with van der Waals surface area (Å²) in [6.07, 6.45) is -4.75. The van der Waals surface area contributed by atoms with Crippen molar-refractivity contribution in [3.8, 4) is 39.8 Å². The number of benzene rings is 2. The normalized spacial score (nSPS) is 15.7. The molecule has 0 spiro atoms. The molecule has 11 heteroatoms. The Bertz CT molecular complexity index is 1560. The van der Waals surface area contributed by atoms with Gasteiger partial charge in [0.05, 0.1) is 11.5 Å². The predicted molar refractivity (Wildman–Crippen MR) is 137 cm³/mol. The number of carbonyl (C=O) groups is 1. The Morgan fingerprint density at radius 2 is 1.70 bits per heavy atom. The Morgan fingerprint density at radius 3 is 2.40 bits per heavy atom. The molecule has 2 aromatic carbocycles. The van der Waals surface area contributed by atoms with E-state index >= 15 is 0 Å². The fourth-order valence-electron chi connectivity index (χ4n) is 4.96. The smallest absolute Gasteiger partial charge is 0.422 e. The minimum Gasteiger partial charge on any atom is -0.488 e. The summed E-state index contributed by atoms with van der Waals surface area (Å²) in [6.45, 7) is 7.32. The van der Waals surface area contributed by atoms with Crippen LogP contribution in [-0.2, 0) is 28.9 Å². The number of alkyl halides is 3. The maximum absolute atomic E-state index is 14.2. The van der Waals surface area contributed by atoms with E-state index in [-0.39, 0.29) is 35.5 Å². The van der Waals surface area contributed by atoms with E-state index in [1.807, 2.05) is 32.9 Å². The van der Waals surface area contributed by atoms with E-state index < -0.39 is 23.1 Å². The molecule has 0 aliphatic carbocycles. The minimum atomic E-state index is -4.75. The maximum Gasteiger partial charge on any atom is 0.422 e. The van der Waals surface area contributed by atoms with Crippen molar-refractivity contribution in [3.63, 3.8) is 0 Å². The summed E-state index contributed by atoms with van der Waals surface area (Å²) in [5, 5.41) is 7.82. The highest BCUT2D eigenvalue weighted by atomic mass is 19.4. The first kappa shape index (κ1) is 26.1. The van der Waals surface area contributed by atoms with Gasteiger partial charge < -0.3 is 18.5 Å². The Balaban J connectivity index is 1.23. The second-order valence-electron chi connectivity index (χ2n) is 11.0. The van der Waals surface area contributed by atoms with E-state index in [0.717, 1.165) is 5.56 Å². The van der Waals surface area contributed by atoms with Crippen LogP contribution in [-0.4, -0.2) is 39.9 Å². The number of nitrogens with zero attached hydrogens (tertiary/aromatic N) is 3. The van der Waals surface area contributed by atoms with Crippen molar-refractivity contribution >= 4 is 5.97 Å². The van der Waals surface area contributed by atoms with Gasteiger partial charge in [0, 0.05) is 30.8 Å². The fourth-order valence-corrected chi connectivity index (χ4v) is 4.96. The van der Waals surface area contributed by atoms with Crippen LogP contribution in [0.2, 0.25) is 0 Å². The summed E-state index contributed by atoms with van der Waals surface area (Å²) in [7, 11) is 0. The minimum absolute atomic E-state index is 0.0479. The standard InChI is InChI=1S/C29H26F3N3O5/c1-28(2,3)38-27(36)18-13-35(14-18)12-16-9-10-19-21(11-16)37-15-20-24(19)34-39-25(20)26-22(29(30,31)32)23(33-40-26)17-7-5-4-6-8-17/h4-11,18H,12-15H2,1-3H3. The van der Waals surface area contributed by atoms with E-state index in [0.29, 0.717) is 42.2 Å². The number of hydrogen-bond donors (Lipinski definition) is 0. The third-order valence-electron chi connectivity index (χ3n) is 6.79. The molecule has 0 unspecified atom stereocenters. The van der Waals surface area contributed by atoms with Gasteiger partial charge in [0.25, 0.3) is 0 Å². The van der Waals surface area contributed by atoms with Crippen molar-refractivity contribution in [1.29, 1.82) is 0 Å². The third kappa shape index (κ3) is 4.85. The van der Waals surface area contributed by atoms with Crippen molar-refractivity contribution in [2.24, 2.45) is 5.92 Å². The monoisotopic (exact) mass is 553 g/mol. The van der Waals surface area contributed by atoms with Crippen LogP contribution in [0.15, 0.2) is 57.6 Å². The first-order chi connectivity index (χ1) is 19.0. The molecule has 6 rings (SSSR count). The molecular weight excluding hydrogens is 527 g/mol. The number of esters is 1. The van der Waals surface area contributed by atoms with Crippen molar-refractivity contribution < 1.29 is 36.5 Å². The summed E-state index contributed by atoms with van der Waals surface area (Å²) >= 11 is 0. The van der Waals surface area contributed by atoms with Gasteiger partial charge >= 0.3 is 12.1 Å². The Labute approximate surface area is 227 Å². The molecule has 4 aromatic rings. The fraction of sp³-hybridized carbons (Fsp3) is 0.345. The van der Waals surface area contributed by atoms with Gasteiger partial charge in [0.2, 0.25) is 11.5 Å². The summed E-state index contributed by atoms with van der Waals surface area (Å²) in [4.78, 5) is 14.4. The van der Waals surface area contributed by atoms with Crippen molar-refractivity contribution in [2.75, 3.05) is 13.1 Å². The van der Waals surface area contributed by atoms with E-state index in [2.05, 4.69) is 15.2 Å². The predicted octanol–water partition coefficient (Wildman–Crippen LogP) is 6.35. The van der Waals surface area contributed by atoms with E-state index in [1.54, 1.807) is 24.3 Å². The summed E-state index contributed by atoms with van der Waals surface area (Å²) in [5.74, 6) is -0.498. The molecular formula is C29H26F3N3O5. The largest absolute Gasteiger partial charge is 0.488 e. The van der Waals surface area contributed by atoms with Gasteiger partial charge in [-0.25, -0.2) is 0 Å². The van der Waals surface area contributed by atoms with Gasteiger partial charge in [-0.05, 0) is 38.5 Å². The highest BCUT2D eigenvalue weighted by Crippen LogP contribution is 2.47. The van der Waals surface area contributed by atoms with Crippen molar-refractivity contribution in [1.82, 2.24) is 15.2 Å². The second kappa shape index (κ2) is 9.51. The third-order valence-corrected chi connectivity index (χ3v) is 6.79. The lowest BCUT2D eigenvalue weighted by Gasteiger charge is -2.39. The summed E-state index contributed by atoms with van der Waals surface area (Å²) in [6, 6.07) is 13.6. The molecule has 0 bridgehead atoms. The van der Waals surface area contributed by atoms with Crippen molar-refractivity contribution in [3.05, 3.63) is 65.2 Å². The maximum atomic E-state index is 14.2. The Hall–Kier alpha value is -4.12. The van der Waals surface area contributed by atoms with E-state index in [9.17, 15) is 18.0 Å². The van der Waals surface area contributed by atoms with Gasteiger partial charge in [-0.15, -0.1) is 0 Å². The van der Waals surface area contributed by atoms with E-state index in [4.69, 9.17) is 18.5 Å². The second-order valence-corrected chi connectivity index (χ2v) is 11.0. The molecule has 2 aromatic heterocycles. The molecule has 40 heavy (non-hydrogen) atoms. The highest BCUT2D eigenvalue weighted by Gasteiger charge is 2.44. The molecule has 208 valence electrons. The molecule has 0 atom stereocenters. The average Bonchev–Trinajstić information content (AvgIpc) is 3.49. The molecule has 1 saturated heterocycles. The molecule has 0 radical (unpaired) electrons. The van der Waals surface area contributed by atoms with Gasteiger partial charge in [0.15, 0.2) is 0 Å². The summed E-state index contributed by atoms with van der Waals surface area (Å²) < 4.78 is 64.6. The van der Waals surface area contributed by atoms with Crippen LogP contribution in [0.1, 0.15) is 37.5 Å². The van der Waals surface area contributed by atoms with Crippen LogP contribution in [0.5, 0.6) is 5.75 Å². The SMILES string of the molecule is CC(C)(C)OC(=O)C1CN(Cc2ccc3c(c2)OCc2c-3noc2-c2onc(-c3ccccc3)c2C(F)(F)F)C1.